The smallest absolute Gasteiger partial charge is 0.303 e. The Kier molecular flexibility index (Phi) is 5.30. The predicted octanol–water partition coefficient (Wildman–Crippen LogP) is -0.786. The van der Waals surface area contributed by atoms with Gasteiger partial charge < -0.3 is 15.7 Å². The summed E-state index contributed by atoms with van der Waals surface area (Å²) in [6, 6.07) is -1.22. The molecule has 1 aliphatic rings. The van der Waals surface area contributed by atoms with E-state index in [1.165, 1.54) is 4.90 Å². The fourth-order valence-electron chi connectivity index (χ4n) is 2.23. The Morgan fingerprint density at radius 1 is 1.47 bits per heavy atom. The summed E-state index contributed by atoms with van der Waals surface area (Å²) >= 11 is 0. The maximum absolute atomic E-state index is 12.1. The number of carboxylic acids is 1. The van der Waals surface area contributed by atoms with E-state index in [2.05, 4.69) is 0 Å². The number of rotatable bonds is 6. The maximum Gasteiger partial charge on any atom is 0.303 e. The lowest BCUT2D eigenvalue weighted by Gasteiger charge is -2.29. The summed E-state index contributed by atoms with van der Waals surface area (Å²) in [6.45, 7) is 2.13. The summed E-state index contributed by atoms with van der Waals surface area (Å²) in [5.74, 6) is -1.31. The Hall–Kier alpha value is -1.15. The lowest BCUT2D eigenvalue weighted by Crippen LogP contribution is -2.49. The Balaban J connectivity index is 2.64. The summed E-state index contributed by atoms with van der Waals surface area (Å²) in [6.07, 6.45) is 0.311. The molecule has 1 rings (SSSR count). The van der Waals surface area contributed by atoms with Gasteiger partial charge in [-0.1, -0.05) is 0 Å². The predicted molar refractivity (Wildman–Crippen MR) is 69.3 cm³/mol. The molecule has 0 saturated carbocycles. The van der Waals surface area contributed by atoms with Crippen molar-refractivity contribution in [3.63, 3.8) is 0 Å². The lowest BCUT2D eigenvalue weighted by atomic mass is 10.1. The summed E-state index contributed by atoms with van der Waals surface area (Å²) in [4.78, 5) is 24.0. The second kappa shape index (κ2) is 6.33. The average molecular weight is 292 g/mol. The largest absolute Gasteiger partial charge is 0.481 e. The number of carbonyl (C=O) groups is 2. The molecule has 0 bridgehead atoms. The molecule has 110 valence electrons. The van der Waals surface area contributed by atoms with Gasteiger partial charge in [-0.15, -0.1) is 0 Å². The van der Waals surface area contributed by atoms with Crippen LogP contribution < -0.4 is 5.73 Å². The fourth-order valence-corrected chi connectivity index (χ4v) is 3.96. The standard InChI is InChI=1S/C11H20N2O5S/c1-2-13(8-5-6-19(17,18)7-8)11(16)9(12)3-4-10(14)15/h8-9H,2-7,12H2,1H3,(H,14,15). The first-order chi connectivity index (χ1) is 8.76. The van der Waals surface area contributed by atoms with Crippen LogP contribution in [0.2, 0.25) is 0 Å². The number of nitrogens with two attached hydrogens (primary N) is 1. The fraction of sp³-hybridized carbons (Fsp3) is 0.818. The molecule has 0 aromatic heterocycles. The van der Waals surface area contributed by atoms with Crippen LogP contribution in [0.25, 0.3) is 0 Å². The molecule has 3 N–H and O–H groups in total. The summed E-state index contributed by atoms with van der Waals surface area (Å²) in [5, 5.41) is 8.56. The van der Waals surface area contributed by atoms with Crippen LogP contribution in [0.4, 0.5) is 0 Å². The van der Waals surface area contributed by atoms with E-state index in [1.54, 1.807) is 6.92 Å². The van der Waals surface area contributed by atoms with Crippen LogP contribution in [0.5, 0.6) is 0 Å². The van der Waals surface area contributed by atoms with Crippen molar-refractivity contribution in [2.24, 2.45) is 5.73 Å². The molecule has 1 amide bonds. The summed E-state index contributed by atoms with van der Waals surface area (Å²) in [7, 11) is -3.06. The topological polar surface area (TPSA) is 118 Å². The molecule has 0 aromatic rings. The zero-order valence-corrected chi connectivity index (χ0v) is 11.7. The minimum absolute atomic E-state index is 0.0295. The molecule has 0 radical (unpaired) electrons. The summed E-state index contributed by atoms with van der Waals surface area (Å²) in [5.41, 5.74) is 5.67. The number of carbonyl (C=O) groups excluding carboxylic acids is 1. The Morgan fingerprint density at radius 2 is 2.11 bits per heavy atom. The number of hydrogen-bond donors (Lipinski definition) is 2. The normalized spacial score (nSPS) is 22.9. The van der Waals surface area contributed by atoms with E-state index in [4.69, 9.17) is 10.8 Å². The third-order valence-electron chi connectivity index (χ3n) is 3.26. The van der Waals surface area contributed by atoms with E-state index < -0.39 is 21.8 Å². The third-order valence-corrected chi connectivity index (χ3v) is 5.01. The maximum atomic E-state index is 12.1. The molecule has 1 fully saturated rings. The number of amides is 1. The first-order valence-corrected chi connectivity index (χ1v) is 8.07. The van der Waals surface area contributed by atoms with Crippen molar-refractivity contribution in [2.75, 3.05) is 18.1 Å². The van der Waals surface area contributed by atoms with E-state index in [9.17, 15) is 18.0 Å². The van der Waals surface area contributed by atoms with Crippen LogP contribution in [0, 0.1) is 0 Å². The molecule has 0 aromatic carbocycles. The third kappa shape index (κ3) is 4.46. The van der Waals surface area contributed by atoms with Crippen LogP contribution in [-0.4, -0.2) is 60.4 Å². The second-order valence-electron chi connectivity index (χ2n) is 4.72. The number of hydrogen-bond acceptors (Lipinski definition) is 5. The van der Waals surface area contributed by atoms with E-state index in [1.807, 2.05) is 0 Å². The van der Waals surface area contributed by atoms with Crippen molar-refractivity contribution in [3.05, 3.63) is 0 Å². The van der Waals surface area contributed by atoms with Gasteiger partial charge in [0.15, 0.2) is 9.84 Å². The van der Waals surface area contributed by atoms with Gasteiger partial charge in [-0.25, -0.2) is 8.42 Å². The van der Waals surface area contributed by atoms with Gasteiger partial charge in [0.1, 0.15) is 0 Å². The Morgan fingerprint density at radius 3 is 2.53 bits per heavy atom. The molecule has 7 nitrogen and oxygen atoms in total. The number of carboxylic acid groups (broad SMARTS) is 1. The highest BCUT2D eigenvalue weighted by Crippen LogP contribution is 2.18. The molecular weight excluding hydrogens is 272 g/mol. The van der Waals surface area contributed by atoms with Crippen molar-refractivity contribution in [1.82, 2.24) is 4.90 Å². The SMILES string of the molecule is CCN(C(=O)C(N)CCC(=O)O)C1CCS(=O)(=O)C1. The van der Waals surface area contributed by atoms with E-state index in [0.717, 1.165) is 0 Å². The van der Waals surface area contributed by atoms with Crippen molar-refractivity contribution in [2.45, 2.75) is 38.3 Å². The highest BCUT2D eigenvalue weighted by atomic mass is 32.2. The Bertz CT molecular complexity index is 448. The van der Waals surface area contributed by atoms with Gasteiger partial charge in [0, 0.05) is 19.0 Å². The molecule has 0 spiro atoms. The van der Waals surface area contributed by atoms with Crippen molar-refractivity contribution >= 4 is 21.7 Å². The molecule has 19 heavy (non-hydrogen) atoms. The minimum atomic E-state index is -3.06. The second-order valence-corrected chi connectivity index (χ2v) is 6.95. The van der Waals surface area contributed by atoms with Crippen LogP contribution in [-0.2, 0) is 19.4 Å². The van der Waals surface area contributed by atoms with Gasteiger partial charge in [0.05, 0.1) is 17.5 Å². The van der Waals surface area contributed by atoms with Gasteiger partial charge in [-0.05, 0) is 19.8 Å². The van der Waals surface area contributed by atoms with E-state index in [0.29, 0.717) is 13.0 Å². The first kappa shape index (κ1) is 15.9. The molecule has 1 aliphatic heterocycles. The number of aliphatic carboxylic acids is 1. The van der Waals surface area contributed by atoms with Gasteiger partial charge >= 0.3 is 5.97 Å². The van der Waals surface area contributed by atoms with Gasteiger partial charge in [-0.2, -0.15) is 0 Å². The molecule has 1 saturated heterocycles. The lowest BCUT2D eigenvalue weighted by molar-refractivity contribution is -0.138. The van der Waals surface area contributed by atoms with Crippen molar-refractivity contribution in [3.8, 4) is 0 Å². The molecule has 8 heteroatoms. The highest BCUT2D eigenvalue weighted by Gasteiger charge is 2.35. The van der Waals surface area contributed by atoms with Crippen LogP contribution >= 0.6 is 0 Å². The highest BCUT2D eigenvalue weighted by molar-refractivity contribution is 7.91. The zero-order chi connectivity index (χ0) is 14.6. The van der Waals surface area contributed by atoms with Crippen molar-refractivity contribution in [1.29, 1.82) is 0 Å². The zero-order valence-electron chi connectivity index (χ0n) is 10.9. The van der Waals surface area contributed by atoms with Gasteiger partial charge in [0.2, 0.25) is 5.91 Å². The van der Waals surface area contributed by atoms with Crippen molar-refractivity contribution < 1.29 is 23.1 Å². The van der Waals surface area contributed by atoms with Crippen LogP contribution in [0.1, 0.15) is 26.2 Å². The van der Waals surface area contributed by atoms with Crippen LogP contribution in [0.3, 0.4) is 0 Å². The molecule has 2 atom stereocenters. The first-order valence-electron chi connectivity index (χ1n) is 6.25. The van der Waals surface area contributed by atoms with Gasteiger partial charge in [0.25, 0.3) is 0 Å². The monoisotopic (exact) mass is 292 g/mol. The summed E-state index contributed by atoms with van der Waals surface area (Å²) < 4.78 is 22.8. The number of likely N-dealkylation sites (N-methyl/N-ethyl adjacent to an activating group) is 1. The van der Waals surface area contributed by atoms with E-state index >= 15 is 0 Å². The van der Waals surface area contributed by atoms with Gasteiger partial charge in [-0.3, -0.25) is 9.59 Å². The molecule has 2 unspecified atom stereocenters. The molecular formula is C11H20N2O5S. The number of nitrogens with zero attached hydrogens (tertiary/aromatic N) is 1. The van der Waals surface area contributed by atoms with Crippen LogP contribution in [0.15, 0.2) is 0 Å². The quantitative estimate of drug-likeness (QED) is 0.662. The molecule has 0 aliphatic carbocycles. The number of sulfone groups is 1. The average Bonchev–Trinajstić information content (AvgIpc) is 2.67. The minimum Gasteiger partial charge on any atom is -0.481 e. The van der Waals surface area contributed by atoms with E-state index in [-0.39, 0.29) is 36.3 Å². The Labute approximate surface area is 112 Å². The molecule has 1 heterocycles.